The number of ether oxygens (including phenoxy) is 1. The van der Waals surface area contributed by atoms with Gasteiger partial charge < -0.3 is 15.0 Å². The summed E-state index contributed by atoms with van der Waals surface area (Å²) in [5.74, 6) is 1.58. The van der Waals surface area contributed by atoms with E-state index < -0.39 is 0 Å². The zero-order valence-corrected chi connectivity index (χ0v) is 14.2. The Bertz CT molecular complexity index is 700. The fraction of sp³-hybridized carbons (Fsp3) is 0.368. The largest absolute Gasteiger partial charge is 0.496 e. The SMILES string of the molecule is COc1ccccc1C(=O)Nc1ccc(N2CCCC(C)C2)cn1. The molecular weight excluding hydrogens is 302 g/mol. The number of para-hydroxylation sites is 1. The Hall–Kier alpha value is -2.56. The molecule has 24 heavy (non-hydrogen) atoms. The maximum Gasteiger partial charge on any atom is 0.260 e. The van der Waals surface area contributed by atoms with Crippen LogP contribution in [0.15, 0.2) is 42.6 Å². The van der Waals surface area contributed by atoms with Crippen molar-refractivity contribution >= 4 is 17.4 Å². The highest BCUT2D eigenvalue weighted by atomic mass is 16.5. The maximum atomic E-state index is 12.4. The van der Waals surface area contributed by atoms with E-state index in [1.807, 2.05) is 30.5 Å². The Morgan fingerprint density at radius 1 is 1.29 bits per heavy atom. The van der Waals surface area contributed by atoms with Crippen molar-refractivity contribution in [1.29, 1.82) is 0 Å². The predicted molar refractivity (Wildman–Crippen MR) is 95.8 cm³/mol. The molecule has 1 aliphatic heterocycles. The summed E-state index contributed by atoms with van der Waals surface area (Å²) in [6.07, 6.45) is 4.33. The number of pyridine rings is 1. The summed E-state index contributed by atoms with van der Waals surface area (Å²) in [6.45, 7) is 4.41. The Labute approximate surface area is 142 Å². The number of hydrogen-bond donors (Lipinski definition) is 1. The highest BCUT2D eigenvalue weighted by molar-refractivity contribution is 6.05. The molecule has 126 valence electrons. The average Bonchev–Trinajstić information content (AvgIpc) is 2.62. The van der Waals surface area contributed by atoms with E-state index in [-0.39, 0.29) is 5.91 Å². The van der Waals surface area contributed by atoms with E-state index >= 15 is 0 Å². The lowest BCUT2D eigenvalue weighted by Crippen LogP contribution is -2.34. The van der Waals surface area contributed by atoms with Gasteiger partial charge in [0.1, 0.15) is 11.6 Å². The quantitative estimate of drug-likeness (QED) is 0.933. The monoisotopic (exact) mass is 325 g/mol. The highest BCUT2D eigenvalue weighted by Crippen LogP contribution is 2.23. The summed E-state index contributed by atoms with van der Waals surface area (Å²) in [6, 6.07) is 11.0. The number of nitrogens with one attached hydrogen (secondary N) is 1. The van der Waals surface area contributed by atoms with Crippen LogP contribution in [-0.2, 0) is 0 Å². The van der Waals surface area contributed by atoms with Crippen LogP contribution in [0.2, 0.25) is 0 Å². The predicted octanol–water partition coefficient (Wildman–Crippen LogP) is 3.58. The van der Waals surface area contributed by atoms with Crippen LogP contribution in [0.25, 0.3) is 0 Å². The van der Waals surface area contributed by atoms with Crippen LogP contribution in [-0.4, -0.2) is 31.1 Å². The van der Waals surface area contributed by atoms with E-state index in [0.717, 1.165) is 18.8 Å². The number of piperidine rings is 1. The molecule has 0 spiro atoms. The molecule has 0 bridgehead atoms. The Morgan fingerprint density at radius 3 is 2.83 bits per heavy atom. The summed E-state index contributed by atoms with van der Waals surface area (Å²) in [7, 11) is 1.55. The van der Waals surface area contributed by atoms with Gasteiger partial charge in [0, 0.05) is 13.1 Å². The number of benzene rings is 1. The first-order chi connectivity index (χ1) is 11.7. The summed E-state index contributed by atoms with van der Waals surface area (Å²) in [4.78, 5) is 19.1. The van der Waals surface area contributed by atoms with Crippen molar-refractivity contribution in [1.82, 2.24) is 4.98 Å². The van der Waals surface area contributed by atoms with Crippen molar-refractivity contribution in [2.75, 3.05) is 30.4 Å². The van der Waals surface area contributed by atoms with E-state index in [1.54, 1.807) is 19.2 Å². The molecule has 2 heterocycles. The van der Waals surface area contributed by atoms with Gasteiger partial charge in [0.15, 0.2) is 0 Å². The Kier molecular flexibility index (Phi) is 4.99. The number of amides is 1. The summed E-state index contributed by atoms with van der Waals surface area (Å²) in [5, 5.41) is 2.82. The van der Waals surface area contributed by atoms with Crippen LogP contribution in [0.1, 0.15) is 30.1 Å². The third-order valence-electron chi connectivity index (χ3n) is 4.36. The summed E-state index contributed by atoms with van der Waals surface area (Å²) >= 11 is 0. The van der Waals surface area contributed by atoms with Crippen LogP contribution in [0, 0.1) is 5.92 Å². The van der Waals surface area contributed by atoms with E-state index in [0.29, 0.717) is 23.0 Å². The van der Waals surface area contributed by atoms with Crippen molar-refractivity contribution in [2.45, 2.75) is 19.8 Å². The number of methoxy groups -OCH3 is 1. The van der Waals surface area contributed by atoms with Crippen molar-refractivity contribution in [3.63, 3.8) is 0 Å². The fourth-order valence-electron chi connectivity index (χ4n) is 3.09. The Morgan fingerprint density at radius 2 is 2.12 bits per heavy atom. The first-order valence-corrected chi connectivity index (χ1v) is 8.32. The first-order valence-electron chi connectivity index (χ1n) is 8.32. The molecule has 1 amide bonds. The van der Waals surface area contributed by atoms with Crippen molar-refractivity contribution < 1.29 is 9.53 Å². The second kappa shape index (κ2) is 7.34. The van der Waals surface area contributed by atoms with Gasteiger partial charge in [-0.05, 0) is 43.0 Å². The lowest BCUT2D eigenvalue weighted by molar-refractivity contribution is 0.102. The molecule has 1 atom stereocenters. The number of carbonyl (C=O) groups excluding carboxylic acids is 1. The van der Waals surface area contributed by atoms with E-state index in [1.165, 1.54) is 12.8 Å². The summed E-state index contributed by atoms with van der Waals surface area (Å²) in [5.41, 5.74) is 1.60. The molecule has 1 unspecified atom stereocenters. The number of aromatic nitrogens is 1. The third kappa shape index (κ3) is 3.67. The zero-order valence-electron chi connectivity index (χ0n) is 14.2. The van der Waals surface area contributed by atoms with Crippen LogP contribution in [0.3, 0.4) is 0 Å². The third-order valence-corrected chi connectivity index (χ3v) is 4.36. The zero-order chi connectivity index (χ0) is 16.9. The molecule has 1 N–H and O–H groups in total. The molecule has 1 fully saturated rings. The molecule has 1 aliphatic rings. The van der Waals surface area contributed by atoms with Gasteiger partial charge in [-0.2, -0.15) is 0 Å². The molecule has 5 nitrogen and oxygen atoms in total. The van der Waals surface area contributed by atoms with Crippen LogP contribution < -0.4 is 15.0 Å². The molecule has 2 aromatic rings. The van der Waals surface area contributed by atoms with Crippen molar-refractivity contribution in [2.24, 2.45) is 5.92 Å². The molecule has 5 heteroatoms. The lowest BCUT2D eigenvalue weighted by atomic mass is 10.00. The second-order valence-electron chi connectivity index (χ2n) is 6.25. The van der Waals surface area contributed by atoms with Crippen molar-refractivity contribution in [3.05, 3.63) is 48.2 Å². The van der Waals surface area contributed by atoms with E-state index in [2.05, 4.69) is 22.1 Å². The smallest absolute Gasteiger partial charge is 0.260 e. The van der Waals surface area contributed by atoms with Gasteiger partial charge in [0.25, 0.3) is 5.91 Å². The maximum absolute atomic E-state index is 12.4. The second-order valence-corrected chi connectivity index (χ2v) is 6.25. The van der Waals surface area contributed by atoms with E-state index in [4.69, 9.17) is 4.74 Å². The minimum atomic E-state index is -0.223. The van der Waals surface area contributed by atoms with Gasteiger partial charge in [-0.3, -0.25) is 4.79 Å². The minimum Gasteiger partial charge on any atom is -0.496 e. The van der Waals surface area contributed by atoms with Gasteiger partial charge in [-0.1, -0.05) is 19.1 Å². The van der Waals surface area contributed by atoms with Gasteiger partial charge in [0.05, 0.1) is 24.6 Å². The molecule has 0 saturated carbocycles. The van der Waals surface area contributed by atoms with Gasteiger partial charge >= 0.3 is 0 Å². The average molecular weight is 325 g/mol. The van der Waals surface area contributed by atoms with Crippen LogP contribution in [0.5, 0.6) is 5.75 Å². The molecular formula is C19H23N3O2. The normalized spacial score (nSPS) is 17.4. The fourth-order valence-corrected chi connectivity index (χ4v) is 3.09. The lowest BCUT2D eigenvalue weighted by Gasteiger charge is -2.32. The molecule has 1 aromatic heterocycles. The standard InChI is InChI=1S/C19H23N3O2/c1-14-6-5-11-22(13-14)15-9-10-18(20-12-15)21-19(23)16-7-3-4-8-17(16)24-2/h3-4,7-10,12,14H,5-6,11,13H2,1-2H3,(H,20,21,23). The van der Waals surface area contributed by atoms with Gasteiger partial charge in [0.2, 0.25) is 0 Å². The Balaban J connectivity index is 1.69. The van der Waals surface area contributed by atoms with Gasteiger partial charge in [-0.25, -0.2) is 4.98 Å². The molecule has 1 aromatic carbocycles. The number of hydrogen-bond acceptors (Lipinski definition) is 4. The van der Waals surface area contributed by atoms with Crippen LogP contribution >= 0.6 is 0 Å². The molecule has 3 rings (SSSR count). The first kappa shape index (κ1) is 16.3. The number of rotatable bonds is 4. The van der Waals surface area contributed by atoms with Gasteiger partial charge in [-0.15, -0.1) is 0 Å². The molecule has 1 saturated heterocycles. The number of carbonyl (C=O) groups is 1. The van der Waals surface area contributed by atoms with Crippen molar-refractivity contribution in [3.8, 4) is 5.75 Å². The molecule has 0 radical (unpaired) electrons. The minimum absolute atomic E-state index is 0.223. The number of nitrogens with zero attached hydrogens (tertiary/aromatic N) is 2. The van der Waals surface area contributed by atoms with E-state index in [9.17, 15) is 4.79 Å². The summed E-state index contributed by atoms with van der Waals surface area (Å²) < 4.78 is 5.22. The van der Waals surface area contributed by atoms with Crippen LogP contribution in [0.4, 0.5) is 11.5 Å². The highest BCUT2D eigenvalue weighted by Gasteiger charge is 2.17. The topological polar surface area (TPSA) is 54.5 Å². The molecule has 0 aliphatic carbocycles. The number of anilines is 2.